The first-order valence-electron chi connectivity index (χ1n) is 10.4. The van der Waals surface area contributed by atoms with Crippen LogP contribution in [0.2, 0.25) is 0 Å². The maximum absolute atomic E-state index is 14.0. The lowest BCUT2D eigenvalue weighted by Crippen LogP contribution is -2.55. The van der Waals surface area contributed by atoms with Crippen LogP contribution in [0.5, 0.6) is 0 Å². The lowest BCUT2D eigenvalue weighted by atomic mass is 9.88. The second-order valence-electron chi connectivity index (χ2n) is 8.07. The molecule has 2 rings (SSSR count). The Labute approximate surface area is 172 Å². The number of amides is 3. The molecule has 2 N–H and O–H groups in total. The third-order valence-electron chi connectivity index (χ3n) is 5.51. The molecular weight excluding hydrogens is 373 g/mol. The van der Waals surface area contributed by atoms with Gasteiger partial charge in [-0.15, -0.1) is 0 Å². The van der Waals surface area contributed by atoms with Gasteiger partial charge >= 0.3 is 0 Å². The van der Waals surface area contributed by atoms with Gasteiger partial charge in [0.1, 0.15) is 11.9 Å². The Bertz CT molecular complexity index is 730. The van der Waals surface area contributed by atoms with Crippen molar-refractivity contribution in [3.63, 3.8) is 0 Å². The zero-order valence-electron chi connectivity index (χ0n) is 17.7. The number of rotatable bonds is 7. The molecule has 160 valence electrons. The van der Waals surface area contributed by atoms with Crippen molar-refractivity contribution in [3.05, 3.63) is 35.6 Å². The van der Waals surface area contributed by atoms with Crippen LogP contribution < -0.4 is 10.6 Å². The number of nitrogens with one attached hydrogen (secondary N) is 2. The summed E-state index contributed by atoms with van der Waals surface area (Å²) in [5.74, 6) is -1.59. The maximum atomic E-state index is 14.0. The number of carbonyl (C=O) groups is 3. The van der Waals surface area contributed by atoms with Crippen LogP contribution in [0.25, 0.3) is 0 Å². The average molecular weight is 406 g/mol. The topological polar surface area (TPSA) is 78.5 Å². The van der Waals surface area contributed by atoms with Crippen LogP contribution in [0.1, 0.15) is 57.3 Å². The van der Waals surface area contributed by atoms with Crippen molar-refractivity contribution in [1.82, 2.24) is 15.5 Å². The van der Waals surface area contributed by atoms with E-state index in [4.69, 9.17) is 0 Å². The monoisotopic (exact) mass is 405 g/mol. The van der Waals surface area contributed by atoms with E-state index in [9.17, 15) is 18.8 Å². The molecule has 0 aliphatic carbocycles. The van der Waals surface area contributed by atoms with Crippen LogP contribution in [-0.2, 0) is 9.59 Å². The molecule has 1 aliphatic heterocycles. The van der Waals surface area contributed by atoms with Gasteiger partial charge in [-0.3, -0.25) is 14.4 Å². The number of hydrogen-bond donors (Lipinski definition) is 2. The minimum absolute atomic E-state index is 0.0297. The van der Waals surface area contributed by atoms with E-state index in [0.29, 0.717) is 25.9 Å². The molecule has 1 aromatic carbocycles. The Morgan fingerprint density at radius 3 is 2.28 bits per heavy atom. The number of halogens is 1. The molecule has 1 fully saturated rings. The predicted molar refractivity (Wildman–Crippen MR) is 110 cm³/mol. The number of hydrogen-bond acceptors (Lipinski definition) is 3. The molecule has 1 aliphatic rings. The number of nitrogens with zero attached hydrogens (tertiary/aromatic N) is 1. The summed E-state index contributed by atoms with van der Waals surface area (Å²) >= 11 is 0. The Kier molecular flexibility index (Phi) is 8.17. The maximum Gasteiger partial charge on any atom is 0.254 e. The van der Waals surface area contributed by atoms with Gasteiger partial charge in [-0.1, -0.05) is 32.9 Å². The first-order valence-corrected chi connectivity index (χ1v) is 10.4. The quantitative estimate of drug-likeness (QED) is 0.732. The fourth-order valence-corrected chi connectivity index (χ4v) is 3.51. The lowest BCUT2D eigenvalue weighted by molar-refractivity contribution is -0.136. The second kappa shape index (κ2) is 10.4. The van der Waals surface area contributed by atoms with E-state index in [-0.39, 0.29) is 35.3 Å². The summed E-state index contributed by atoms with van der Waals surface area (Å²) in [5, 5.41) is 5.67. The van der Waals surface area contributed by atoms with Crippen molar-refractivity contribution >= 4 is 17.7 Å². The minimum Gasteiger partial charge on any atom is -0.352 e. The van der Waals surface area contributed by atoms with E-state index in [0.717, 1.165) is 6.42 Å². The van der Waals surface area contributed by atoms with Gasteiger partial charge in [0, 0.05) is 25.0 Å². The van der Waals surface area contributed by atoms with E-state index in [1.54, 1.807) is 6.07 Å². The van der Waals surface area contributed by atoms with E-state index >= 15 is 0 Å². The smallest absolute Gasteiger partial charge is 0.254 e. The molecule has 0 unspecified atom stereocenters. The third kappa shape index (κ3) is 6.02. The normalized spacial score (nSPS) is 17.0. The molecule has 6 nitrogen and oxygen atoms in total. The Morgan fingerprint density at radius 1 is 1.10 bits per heavy atom. The Hall–Kier alpha value is -2.44. The summed E-state index contributed by atoms with van der Waals surface area (Å²) in [5.41, 5.74) is -0.0822. The molecule has 0 bridgehead atoms. The van der Waals surface area contributed by atoms with Gasteiger partial charge in [0.2, 0.25) is 11.8 Å². The molecular formula is C22H32FN3O3. The van der Waals surface area contributed by atoms with Gasteiger partial charge in [-0.05, 0) is 44.2 Å². The Morgan fingerprint density at radius 2 is 1.72 bits per heavy atom. The zero-order chi connectivity index (χ0) is 21.6. The van der Waals surface area contributed by atoms with E-state index in [1.165, 1.54) is 18.2 Å². The molecule has 0 spiro atoms. The Balaban J connectivity index is 2.13. The van der Waals surface area contributed by atoms with Crippen molar-refractivity contribution in [1.29, 1.82) is 0 Å². The highest BCUT2D eigenvalue weighted by Crippen LogP contribution is 2.23. The molecule has 7 heteroatoms. The van der Waals surface area contributed by atoms with Gasteiger partial charge in [0.25, 0.3) is 5.91 Å². The summed E-state index contributed by atoms with van der Waals surface area (Å²) in [4.78, 5) is 39.6. The van der Waals surface area contributed by atoms with Crippen LogP contribution in [0.15, 0.2) is 24.3 Å². The van der Waals surface area contributed by atoms with Crippen LogP contribution in [0.3, 0.4) is 0 Å². The van der Waals surface area contributed by atoms with E-state index < -0.39 is 17.8 Å². The van der Waals surface area contributed by atoms with Gasteiger partial charge in [-0.25, -0.2) is 4.39 Å². The summed E-state index contributed by atoms with van der Waals surface area (Å²) in [6, 6.07) is 4.92. The first-order chi connectivity index (χ1) is 13.7. The van der Waals surface area contributed by atoms with Crippen molar-refractivity contribution in [2.45, 2.75) is 59.0 Å². The summed E-state index contributed by atoms with van der Waals surface area (Å²) in [6.45, 7) is 8.69. The molecule has 2 atom stereocenters. The molecule has 1 saturated heterocycles. The van der Waals surface area contributed by atoms with Crippen LogP contribution in [-0.4, -0.2) is 47.8 Å². The zero-order valence-corrected chi connectivity index (χ0v) is 17.7. The predicted octanol–water partition coefficient (Wildman–Crippen LogP) is 2.73. The summed E-state index contributed by atoms with van der Waals surface area (Å²) < 4.78 is 14.0. The van der Waals surface area contributed by atoms with Gasteiger partial charge in [-0.2, -0.15) is 0 Å². The fourth-order valence-electron chi connectivity index (χ4n) is 3.51. The highest BCUT2D eigenvalue weighted by atomic mass is 19.1. The summed E-state index contributed by atoms with van der Waals surface area (Å²) in [6.07, 6.45) is 1.98. The summed E-state index contributed by atoms with van der Waals surface area (Å²) in [7, 11) is 0. The average Bonchev–Trinajstić information content (AvgIpc) is 2.71. The number of carbonyl (C=O) groups excluding carboxylic acids is 3. The van der Waals surface area contributed by atoms with Crippen LogP contribution in [0.4, 0.5) is 4.39 Å². The van der Waals surface area contributed by atoms with Gasteiger partial charge in [0.15, 0.2) is 0 Å². The van der Waals surface area contributed by atoms with E-state index in [2.05, 4.69) is 10.6 Å². The molecule has 29 heavy (non-hydrogen) atoms. The standard InChI is InChI=1S/C22H32FN3O3/c1-5-15(4)24-21(28)19(25-20(27)17-8-6-7-9-18(17)23)16-10-12-26(13-11-16)22(29)14(2)3/h6-9,14-16,19H,5,10-13H2,1-4H3,(H,24,28)(H,25,27)/t15-,19+/m0/s1. The number of piperidine rings is 1. The molecule has 0 radical (unpaired) electrons. The van der Waals surface area contributed by atoms with Crippen LogP contribution in [0, 0.1) is 17.7 Å². The second-order valence-corrected chi connectivity index (χ2v) is 8.07. The first kappa shape index (κ1) is 22.8. The highest BCUT2D eigenvalue weighted by Gasteiger charge is 2.35. The van der Waals surface area contributed by atoms with Gasteiger partial charge < -0.3 is 15.5 Å². The highest BCUT2D eigenvalue weighted by molar-refractivity contribution is 5.97. The number of likely N-dealkylation sites (tertiary alicyclic amines) is 1. The van der Waals surface area contributed by atoms with E-state index in [1.807, 2.05) is 32.6 Å². The van der Waals surface area contributed by atoms with Crippen LogP contribution >= 0.6 is 0 Å². The molecule has 0 saturated carbocycles. The fraction of sp³-hybridized carbons (Fsp3) is 0.591. The number of benzene rings is 1. The van der Waals surface area contributed by atoms with Crippen molar-refractivity contribution in [2.75, 3.05) is 13.1 Å². The largest absolute Gasteiger partial charge is 0.352 e. The minimum atomic E-state index is -0.771. The molecule has 0 aromatic heterocycles. The molecule has 1 aromatic rings. The third-order valence-corrected chi connectivity index (χ3v) is 5.51. The van der Waals surface area contributed by atoms with Crippen molar-refractivity contribution in [3.8, 4) is 0 Å². The van der Waals surface area contributed by atoms with Gasteiger partial charge in [0.05, 0.1) is 5.56 Å². The molecule has 3 amide bonds. The van der Waals surface area contributed by atoms with Crippen molar-refractivity contribution in [2.24, 2.45) is 11.8 Å². The lowest BCUT2D eigenvalue weighted by Gasteiger charge is -2.36. The SMILES string of the molecule is CC[C@H](C)NC(=O)[C@H](NC(=O)c1ccccc1F)C1CCN(C(=O)C(C)C)CC1. The van der Waals surface area contributed by atoms with Crippen molar-refractivity contribution < 1.29 is 18.8 Å². The molecule has 1 heterocycles.